The number of hydrogen-bond donors (Lipinski definition) is 0. The Hall–Kier alpha value is -1.41. The van der Waals surface area contributed by atoms with Crippen LogP contribution in [-0.4, -0.2) is 8.80 Å². The Morgan fingerprint density at radius 1 is 0.758 bits per heavy atom. The van der Waals surface area contributed by atoms with E-state index in [4.69, 9.17) is 0 Å². The second kappa shape index (κ2) is 12.3. The normalized spacial score (nSPS) is 25.8. The van der Waals surface area contributed by atoms with Gasteiger partial charge in [-0.3, -0.25) is 0 Å². The quantitative estimate of drug-likeness (QED) is 0.256. The summed E-state index contributed by atoms with van der Waals surface area (Å²) < 4.78 is 15.2. The molecule has 33 heavy (non-hydrogen) atoms. The van der Waals surface area contributed by atoms with Gasteiger partial charge in [0.15, 0.2) is 0 Å². The van der Waals surface area contributed by atoms with E-state index in [-0.39, 0.29) is 5.82 Å². The fourth-order valence-corrected chi connectivity index (χ4v) is 10.1. The van der Waals surface area contributed by atoms with E-state index >= 15 is 4.39 Å². The zero-order chi connectivity index (χ0) is 23.0. The third kappa shape index (κ3) is 6.59. The van der Waals surface area contributed by atoms with Gasteiger partial charge in [-0.05, 0) is 79.0 Å². The third-order valence-corrected chi connectivity index (χ3v) is 12.3. The van der Waals surface area contributed by atoms with Crippen molar-refractivity contribution in [3.63, 3.8) is 0 Å². The predicted molar refractivity (Wildman–Crippen MR) is 145 cm³/mol. The number of rotatable bonds is 9. The van der Waals surface area contributed by atoms with Crippen molar-refractivity contribution in [2.24, 2.45) is 5.92 Å². The molecule has 0 bridgehead atoms. The highest BCUT2D eigenvalue weighted by atomic mass is 28.3. The molecule has 0 unspecified atom stereocenters. The molecule has 2 aromatic carbocycles. The summed E-state index contributed by atoms with van der Waals surface area (Å²) in [5.74, 6) is 2.17. The molecule has 4 rings (SSSR count). The molecule has 1 saturated carbocycles. The lowest BCUT2D eigenvalue weighted by Crippen LogP contribution is -2.20. The third-order valence-electron chi connectivity index (χ3n) is 8.76. The lowest BCUT2D eigenvalue weighted by Gasteiger charge is -2.29. The fourth-order valence-electron chi connectivity index (χ4n) is 6.61. The van der Waals surface area contributed by atoms with Crippen LogP contribution in [0.3, 0.4) is 0 Å². The maximum Gasteiger partial charge on any atom is 0.131 e. The highest BCUT2D eigenvalue weighted by Crippen LogP contribution is 2.39. The first-order valence-corrected chi connectivity index (χ1v) is 16.5. The van der Waals surface area contributed by atoms with Crippen molar-refractivity contribution in [3.05, 3.63) is 59.4 Å². The van der Waals surface area contributed by atoms with Crippen LogP contribution in [0.4, 0.5) is 4.39 Å². The van der Waals surface area contributed by atoms with E-state index < -0.39 is 8.80 Å². The zero-order valence-electron chi connectivity index (χ0n) is 21.1. The fraction of sp³-hybridized carbons (Fsp3) is 0.613. The van der Waals surface area contributed by atoms with Gasteiger partial charge in [-0.15, -0.1) is 0 Å². The summed E-state index contributed by atoms with van der Waals surface area (Å²) in [6.45, 7) is 4.60. The second-order valence-corrected chi connectivity index (χ2v) is 14.5. The summed E-state index contributed by atoms with van der Waals surface area (Å²) in [5.41, 5.74) is 4.47. The topological polar surface area (TPSA) is 0 Å². The molecule has 0 aromatic heterocycles. The molecular formula is C31H45FSi. The van der Waals surface area contributed by atoms with Crippen LogP contribution in [0, 0.1) is 11.7 Å². The van der Waals surface area contributed by atoms with Gasteiger partial charge in [0.2, 0.25) is 0 Å². The monoisotopic (exact) mass is 464 g/mol. The van der Waals surface area contributed by atoms with Crippen LogP contribution < -0.4 is 0 Å². The smallest absolute Gasteiger partial charge is 0.131 e. The minimum Gasteiger partial charge on any atom is -0.206 e. The van der Waals surface area contributed by atoms with Gasteiger partial charge in [0.05, 0.1) is 0 Å². The molecule has 180 valence electrons. The Morgan fingerprint density at radius 3 is 2.06 bits per heavy atom. The molecule has 1 saturated heterocycles. The highest BCUT2D eigenvalue weighted by Gasteiger charge is 2.24. The maximum absolute atomic E-state index is 15.2. The van der Waals surface area contributed by atoms with Crippen molar-refractivity contribution in [2.45, 2.75) is 114 Å². The number of unbranched alkanes of at least 4 members (excludes halogenated alkanes) is 2. The Labute approximate surface area is 204 Å². The van der Waals surface area contributed by atoms with E-state index in [1.54, 1.807) is 0 Å². The number of benzene rings is 2. The molecule has 1 aliphatic heterocycles. The van der Waals surface area contributed by atoms with Crippen LogP contribution in [0.15, 0.2) is 42.5 Å². The first-order chi connectivity index (χ1) is 16.2. The zero-order valence-corrected chi connectivity index (χ0v) is 22.3. The van der Waals surface area contributed by atoms with Crippen LogP contribution in [-0.2, 0) is 0 Å². The Morgan fingerprint density at radius 2 is 1.42 bits per heavy atom. The summed E-state index contributed by atoms with van der Waals surface area (Å²) in [6, 6.07) is 19.4. The van der Waals surface area contributed by atoms with Crippen molar-refractivity contribution in [3.8, 4) is 11.1 Å². The first kappa shape index (κ1) is 24.7. The highest BCUT2D eigenvalue weighted by molar-refractivity contribution is 6.59. The second-order valence-electron chi connectivity index (χ2n) is 11.1. The van der Waals surface area contributed by atoms with E-state index in [2.05, 4.69) is 44.2 Å². The summed E-state index contributed by atoms with van der Waals surface area (Å²) in [6.07, 6.45) is 14.8. The average Bonchev–Trinajstić information content (AvgIpc) is 2.85. The van der Waals surface area contributed by atoms with Crippen molar-refractivity contribution in [2.75, 3.05) is 0 Å². The van der Waals surface area contributed by atoms with Gasteiger partial charge in [-0.2, -0.15) is 0 Å². The van der Waals surface area contributed by atoms with E-state index in [1.807, 2.05) is 12.1 Å². The van der Waals surface area contributed by atoms with E-state index in [1.165, 1.54) is 99.9 Å². The van der Waals surface area contributed by atoms with Crippen LogP contribution in [0.2, 0.25) is 18.1 Å². The molecule has 0 radical (unpaired) electrons. The molecule has 0 amide bonds. The van der Waals surface area contributed by atoms with Gasteiger partial charge in [-0.1, -0.05) is 100 Å². The molecular weight excluding hydrogens is 419 g/mol. The summed E-state index contributed by atoms with van der Waals surface area (Å²) in [4.78, 5) is 0. The van der Waals surface area contributed by atoms with Gasteiger partial charge in [0.1, 0.15) is 5.82 Å². The standard InChI is InChI=1S/C31H45FSi/c1-3-5-6-20-33-21-18-27(19-22-33)29-16-17-30(31(32)23-29)28-14-12-26(13-15-28)25-10-8-24(7-4-2)9-11-25/h12-17,23-25,27,33H,3-11,18-22H2,1-2H3/t24-,25-,27-,33-. The average molecular weight is 465 g/mol. The van der Waals surface area contributed by atoms with Gasteiger partial charge in [0.25, 0.3) is 0 Å². The molecule has 0 nitrogen and oxygen atoms in total. The molecule has 2 aliphatic rings. The number of halogens is 1. The van der Waals surface area contributed by atoms with Crippen molar-refractivity contribution < 1.29 is 4.39 Å². The number of hydrogen-bond acceptors (Lipinski definition) is 0. The van der Waals surface area contributed by atoms with Gasteiger partial charge in [0, 0.05) is 14.4 Å². The van der Waals surface area contributed by atoms with Crippen molar-refractivity contribution in [1.82, 2.24) is 0 Å². The van der Waals surface area contributed by atoms with Crippen LogP contribution >= 0.6 is 0 Å². The van der Waals surface area contributed by atoms with Crippen LogP contribution in [0.1, 0.15) is 107 Å². The van der Waals surface area contributed by atoms with Gasteiger partial charge >= 0.3 is 0 Å². The summed E-state index contributed by atoms with van der Waals surface area (Å²) in [5, 5.41) is 0. The first-order valence-electron chi connectivity index (χ1n) is 14.1. The summed E-state index contributed by atoms with van der Waals surface area (Å²) in [7, 11) is -0.510. The molecule has 2 aromatic rings. The Balaban J connectivity index is 1.34. The van der Waals surface area contributed by atoms with Gasteiger partial charge in [-0.25, -0.2) is 4.39 Å². The minimum absolute atomic E-state index is 0.0392. The molecule has 2 fully saturated rings. The van der Waals surface area contributed by atoms with E-state index in [0.717, 1.165) is 17.0 Å². The molecule has 2 heteroatoms. The predicted octanol–water partition coefficient (Wildman–Crippen LogP) is 9.86. The molecule has 0 N–H and O–H groups in total. The molecule has 0 spiro atoms. The van der Waals surface area contributed by atoms with Crippen LogP contribution in [0.25, 0.3) is 11.1 Å². The lowest BCUT2D eigenvalue weighted by atomic mass is 9.77. The SMILES string of the molecule is CCCCC[Si@H]1CC[C@H](c2ccc(-c3ccc([C@H]4CC[C@H](CCC)CC4)cc3)c(F)c2)CC1. The van der Waals surface area contributed by atoms with Crippen LogP contribution in [0.5, 0.6) is 0 Å². The largest absolute Gasteiger partial charge is 0.206 e. The van der Waals surface area contributed by atoms with Gasteiger partial charge < -0.3 is 0 Å². The Bertz CT molecular complexity index is 842. The van der Waals surface area contributed by atoms with Crippen molar-refractivity contribution in [1.29, 1.82) is 0 Å². The van der Waals surface area contributed by atoms with Crippen molar-refractivity contribution >= 4 is 8.80 Å². The molecule has 1 aliphatic carbocycles. The lowest BCUT2D eigenvalue weighted by molar-refractivity contribution is 0.308. The molecule has 1 heterocycles. The summed E-state index contributed by atoms with van der Waals surface area (Å²) >= 11 is 0. The minimum atomic E-state index is -0.510. The van der Waals surface area contributed by atoms with E-state index in [0.29, 0.717) is 11.8 Å². The molecule has 0 atom stereocenters. The van der Waals surface area contributed by atoms with E-state index in [9.17, 15) is 0 Å². The maximum atomic E-state index is 15.2. The Kier molecular flexibility index (Phi) is 9.24.